The highest BCUT2D eigenvalue weighted by molar-refractivity contribution is 5.92. The van der Waals surface area contributed by atoms with Crippen LogP contribution in [0.5, 0.6) is 5.75 Å². The predicted octanol–water partition coefficient (Wildman–Crippen LogP) is 1.58. The molecular formula is C10H10F3NO4. The molecule has 0 unspecified atom stereocenters. The molecule has 0 aliphatic carbocycles. The Morgan fingerprint density at radius 2 is 2.00 bits per heavy atom. The van der Waals surface area contributed by atoms with Crippen LogP contribution in [0.25, 0.3) is 0 Å². The Hall–Kier alpha value is -1.99. The summed E-state index contributed by atoms with van der Waals surface area (Å²) in [6.45, 7) is 2.33. The van der Waals surface area contributed by atoms with Gasteiger partial charge in [0.15, 0.2) is 5.56 Å². The number of aromatic amines is 1. The molecule has 0 spiro atoms. The fourth-order valence-corrected chi connectivity index (χ4v) is 1.36. The number of alkyl halides is 3. The van der Waals surface area contributed by atoms with Gasteiger partial charge in [-0.3, -0.25) is 4.79 Å². The van der Waals surface area contributed by atoms with Crippen LogP contribution in [-0.2, 0) is 10.9 Å². The summed E-state index contributed by atoms with van der Waals surface area (Å²) in [4.78, 5) is 24.2. The summed E-state index contributed by atoms with van der Waals surface area (Å²) in [6.07, 6.45) is -4.83. The van der Waals surface area contributed by atoms with Gasteiger partial charge in [0.05, 0.1) is 6.61 Å². The third-order valence-electron chi connectivity index (χ3n) is 2.20. The number of esters is 1. The first-order valence-electron chi connectivity index (χ1n) is 4.90. The summed E-state index contributed by atoms with van der Waals surface area (Å²) in [5, 5.41) is 9.50. The standard InChI is InChI=1S/C10H10F3NO4/c1-3-18-9(17)5-6(15)4(2)7(10(11,12)13)14-8(5)16/h3H2,1-2H3,(H2,14,15,16). The van der Waals surface area contributed by atoms with Gasteiger partial charge in [-0.1, -0.05) is 0 Å². The Morgan fingerprint density at radius 1 is 1.44 bits per heavy atom. The minimum absolute atomic E-state index is 0.0716. The molecule has 0 saturated heterocycles. The van der Waals surface area contributed by atoms with Gasteiger partial charge in [0.2, 0.25) is 0 Å². The molecule has 0 bridgehead atoms. The van der Waals surface area contributed by atoms with E-state index in [4.69, 9.17) is 0 Å². The Morgan fingerprint density at radius 3 is 2.44 bits per heavy atom. The Kier molecular flexibility index (Phi) is 3.68. The molecule has 100 valence electrons. The van der Waals surface area contributed by atoms with Gasteiger partial charge < -0.3 is 14.8 Å². The summed E-state index contributed by atoms with van der Waals surface area (Å²) >= 11 is 0. The molecule has 1 aromatic heterocycles. The van der Waals surface area contributed by atoms with Gasteiger partial charge in [0.25, 0.3) is 5.56 Å². The van der Waals surface area contributed by atoms with Crippen molar-refractivity contribution in [2.75, 3.05) is 6.61 Å². The number of hydrogen-bond acceptors (Lipinski definition) is 4. The Bertz CT molecular complexity index is 533. The maximum absolute atomic E-state index is 12.5. The number of hydrogen-bond donors (Lipinski definition) is 2. The fourth-order valence-electron chi connectivity index (χ4n) is 1.36. The number of H-pyrrole nitrogens is 1. The SMILES string of the molecule is CCOC(=O)c1c(O)c(C)c(C(F)(F)F)[nH]c1=O. The van der Waals surface area contributed by atoms with E-state index in [-0.39, 0.29) is 6.61 Å². The van der Waals surface area contributed by atoms with Crippen LogP contribution >= 0.6 is 0 Å². The van der Waals surface area contributed by atoms with E-state index >= 15 is 0 Å². The summed E-state index contributed by atoms with van der Waals surface area (Å²) in [5.74, 6) is -2.20. The predicted molar refractivity (Wildman–Crippen MR) is 54.4 cm³/mol. The topological polar surface area (TPSA) is 79.4 Å². The summed E-state index contributed by atoms with van der Waals surface area (Å²) in [7, 11) is 0. The lowest BCUT2D eigenvalue weighted by molar-refractivity contribution is -0.141. The molecule has 0 atom stereocenters. The van der Waals surface area contributed by atoms with Crippen molar-refractivity contribution < 1.29 is 27.8 Å². The normalized spacial score (nSPS) is 11.4. The number of carbonyl (C=O) groups is 1. The molecule has 1 heterocycles. The molecule has 2 N–H and O–H groups in total. The molecule has 0 fully saturated rings. The van der Waals surface area contributed by atoms with E-state index in [0.717, 1.165) is 6.92 Å². The molecule has 18 heavy (non-hydrogen) atoms. The monoisotopic (exact) mass is 265 g/mol. The largest absolute Gasteiger partial charge is 0.506 e. The van der Waals surface area contributed by atoms with Crippen molar-refractivity contribution in [3.8, 4) is 5.75 Å². The van der Waals surface area contributed by atoms with Gasteiger partial charge >= 0.3 is 12.1 Å². The third kappa shape index (κ3) is 2.47. The van der Waals surface area contributed by atoms with Crippen molar-refractivity contribution in [2.24, 2.45) is 0 Å². The van der Waals surface area contributed by atoms with Crippen molar-refractivity contribution in [3.05, 3.63) is 27.2 Å². The van der Waals surface area contributed by atoms with Crippen LogP contribution in [0.1, 0.15) is 28.5 Å². The van der Waals surface area contributed by atoms with Gasteiger partial charge in [-0.25, -0.2) is 4.79 Å². The Labute approximate surface area is 99.2 Å². The number of nitrogens with one attached hydrogen (secondary N) is 1. The van der Waals surface area contributed by atoms with Crippen LogP contribution in [0.3, 0.4) is 0 Å². The van der Waals surface area contributed by atoms with Crippen LogP contribution in [0.15, 0.2) is 4.79 Å². The molecule has 0 aliphatic rings. The summed E-state index contributed by atoms with van der Waals surface area (Å²) in [5.41, 5.74) is -4.20. The first-order valence-corrected chi connectivity index (χ1v) is 4.90. The molecule has 0 saturated carbocycles. The fraction of sp³-hybridized carbons (Fsp3) is 0.400. The van der Waals surface area contributed by atoms with Crippen molar-refractivity contribution in [1.29, 1.82) is 0 Å². The van der Waals surface area contributed by atoms with Gasteiger partial charge in [0, 0.05) is 5.56 Å². The van der Waals surface area contributed by atoms with Crippen molar-refractivity contribution >= 4 is 5.97 Å². The number of aromatic hydroxyl groups is 1. The third-order valence-corrected chi connectivity index (χ3v) is 2.20. The number of rotatable bonds is 2. The van der Waals surface area contributed by atoms with Crippen molar-refractivity contribution in [1.82, 2.24) is 4.98 Å². The molecule has 0 radical (unpaired) electrons. The van der Waals surface area contributed by atoms with Crippen molar-refractivity contribution in [3.63, 3.8) is 0 Å². The summed E-state index contributed by atoms with van der Waals surface area (Å²) in [6, 6.07) is 0. The minimum Gasteiger partial charge on any atom is -0.506 e. The molecule has 0 amide bonds. The lowest BCUT2D eigenvalue weighted by Gasteiger charge is -2.12. The molecule has 5 nitrogen and oxygen atoms in total. The molecule has 0 aliphatic heterocycles. The van der Waals surface area contributed by atoms with Crippen LogP contribution in [-0.4, -0.2) is 22.7 Å². The first kappa shape index (κ1) is 14.1. The number of halogens is 3. The van der Waals surface area contributed by atoms with Crippen LogP contribution in [0.2, 0.25) is 0 Å². The van der Waals surface area contributed by atoms with E-state index in [9.17, 15) is 27.9 Å². The highest BCUT2D eigenvalue weighted by Crippen LogP contribution is 2.33. The molecule has 1 aromatic rings. The average molecular weight is 265 g/mol. The van der Waals surface area contributed by atoms with Gasteiger partial charge in [-0.2, -0.15) is 13.2 Å². The lowest BCUT2D eigenvalue weighted by atomic mass is 10.1. The zero-order chi connectivity index (χ0) is 14.1. The molecular weight excluding hydrogens is 255 g/mol. The lowest BCUT2D eigenvalue weighted by Crippen LogP contribution is -2.25. The van der Waals surface area contributed by atoms with E-state index in [1.807, 2.05) is 0 Å². The van der Waals surface area contributed by atoms with E-state index in [1.54, 1.807) is 0 Å². The van der Waals surface area contributed by atoms with Gasteiger partial charge in [-0.15, -0.1) is 0 Å². The average Bonchev–Trinajstić information content (AvgIpc) is 2.22. The second-order valence-corrected chi connectivity index (χ2v) is 3.40. The molecule has 8 heteroatoms. The maximum atomic E-state index is 12.5. The van der Waals surface area contributed by atoms with Crippen LogP contribution in [0, 0.1) is 6.92 Å². The number of carbonyl (C=O) groups excluding carboxylic acids is 1. The highest BCUT2D eigenvalue weighted by Gasteiger charge is 2.37. The molecule has 1 rings (SSSR count). The number of aromatic nitrogens is 1. The highest BCUT2D eigenvalue weighted by atomic mass is 19.4. The van der Waals surface area contributed by atoms with E-state index in [1.165, 1.54) is 11.9 Å². The zero-order valence-electron chi connectivity index (χ0n) is 9.51. The van der Waals surface area contributed by atoms with Crippen LogP contribution < -0.4 is 5.56 Å². The minimum atomic E-state index is -4.83. The molecule has 0 aromatic carbocycles. The second kappa shape index (κ2) is 4.71. The second-order valence-electron chi connectivity index (χ2n) is 3.40. The smallest absolute Gasteiger partial charge is 0.431 e. The van der Waals surface area contributed by atoms with Crippen molar-refractivity contribution in [2.45, 2.75) is 20.0 Å². The Balaban J connectivity index is 3.49. The van der Waals surface area contributed by atoms with Gasteiger partial charge in [-0.05, 0) is 13.8 Å². The quantitative estimate of drug-likeness (QED) is 0.796. The maximum Gasteiger partial charge on any atom is 0.431 e. The van der Waals surface area contributed by atoms with Gasteiger partial charge in [0.1, 0.15) is 11.4 Å². The van der Waals surface area contributed by atoms with E-state index in [0.29, 0.717) is 0 Å². The summed E-state index contributed by atoms with van der Waals surface area (Å²) < 4.78 is 41.9. The van der Waals surface area contributed by atoms with E-state index < -0.39 is 40.3 Å². The number of ether oxygens (including phenoxy) is 1. The van der Waals surface area contributed by atoms with Crippen LogP contribution in [0.4, 0.5) is 13.2 Å². The first-order chi connectivity index (χ1) is 8.20. The number of pyridine rings is 1. The zero-order valence-corrected chi connectivity index (χ0v) is 9.51. The van der Waals surface area contributed by atoms with E-state index in [2.05, 4.69) is 4.74 Å².